The van der Waals surface area contributed by atoms with Crippen molar-refractivity contribution in [1.82, 2.24) is 9.80 Å². The highest BCUT2D eigenvalue weighted by atomic mass is 79.9. The van der Waals surface area contributed by atoms with E-state index in [1.165, 1.54) is 0 Å². The van der Waals surface area contributed by atoms with E-state index in [0.717, 1.165) is 21.2 Å². The van der Waals surface area contributed by atoms with Crippen LogP contribution < -0.4 is 4.74 Å². The van der Waals surface area contributed by atoms with Gasteiger partial charge in [0.05, 0.1) is 18.0 Å². The molecule has 0 aliphatic carbocycles. The molecule has 6 nitrogen and oxygen atoms in total. The van der Waals surface area contributed by atoms with E-state index in [9.17, 15) is 9.59 Å². The van der Waals surface area contributed by atoms with Gasteiger partial charge in [0.1, 0.15) is 11.3 Å². The highest BCUT2D eigenvalue weighted by Gasteiger charge is 2.27. The fourth-order valence-electron chi connectivity index (χ4n) is 3.52. The fraction of sp³-hybridized carbons (Fsp3) is 0.273. The Morgan fingerprint density at radius 3 is 2.48 bits per heavy atom. The Kier molecular flexibility index (Phi) is 5.58. The van der Waals surface area contributed by atoms with Gasteiger partial charge in [-0.2, -0.15) is 0 Å². The number of nitrogens with zero attached hydrogens (tertiary/aromatic N) is 2. The van der Waals surface area contributed by atoms with E-state index in [2.05, 4.69) is 15.9 Å². The van der Waals surface area contributed by atoms with Crippen molar-refractivity contribution >= 4 is 38.7 Å². The minimum Gasteiger partial charge on any atom is -0.497 e. The Balaban J connectivity index is 1.37. The molecule has 3 aromatic rings. The number of halogens is 1. The number of hydrogen-bond donors (Lipinski definition) is 0. The SMILES string of the molecule is COc1cccc(CC(=O)N2CCN(C(=O)c3cc4cccc(Br)c4o3)CC2)c1. The van der Waals surface area contributed by atoms with Crippen LogP contribution in [-0.2, 0) is 11.2 Å². The predicted octanol–water partition coefficient (Wildman–Crippen LogP) is 3.73. The fourth-order valence-corrected chi connectivity index (χ4v) is 3.98. The number of fused-ring (bicyclic) bond motifs is 1. The van der Waals surface area contributed by atoms with Crippen molar-refractivity contribution in [2.75, 3.05) is 33.3 Å². The highest BCUT2D eigenvalue weighted by Crippen LogP contribution is 2.27. The average Bonchev–Trinajstić information content (AvgIpc) is 3.19. The second-order valence-corrected chi connectivity index (χ2v) is 7.82. The summed E-state index contributed by atoms with van der Waals surface area (Å²) in [5.74, 6) is 0.970. The molecule has 0 spiro atoms. The number of carbonyl (C=O) groups excluding carboxylic acids is 2. The van der Waals surface area contributed by atoms with E-state index in [1.54, 1.807) is 23.0 Å². The van der Waals surface area contributed by atoms with Gasteiger partial charge in [0.15, 0.2) is 5.76 Å². The van der Waals surface area contributed by atoms with Crippen LogP contribution in [0.4, 0.5) is 0 Å². The third kappa shape index (κ3) is 4.15. The zero-order chi connectivity index (χ0) is 20.4. The molecule has 29 heavy (non-hydrogen) atoms. The summed E-state index contributed by atoms with van der Waals surface area (Å²) in [6, 6.07) is 15.0. The van der Waals surface area contributed by atoms with Crippen LogP contribution in [-0.4, -0.2) is 54.9 Å². The number of rotatable bonds is 4. The van der Waals surface area contributed by atoms with Crippen molar-refractivity contribution in [3.05, 3.63) is 64.3 Å². The summed E-state index contributed by atoms with van der Waals surface area (Å²) in [6.07, 6.45) is 0.322. The van der Waals surface area contributed by atoms with E-state index in [0.29, 0.717) is 43.9 Å². The van der Waals surface area contributed by atoms with E-state index in [-0.39, 0.29) is 11.8 Å². The maximum atomic E-state index is 12.8. The van der Waals surface area contributed by atoms with Crippen LogP contribution >= 0.6 is 15.9 Å². The van der Waals surface area contributed by atoms with Crippen molar-refractivity contribution in [1.29, 1.82) is 0 Å². The molecule has 1 aromatic heterocycles. The molecule has 1 fully saturated rings. The molecular weight excluding hydrogens is 436 g/mol. The molecule has 2 aromatic carbocycles. The summed E-state index contributed by atoms with van der Waals surface area (Å²) < 4.78 is 11.8. The van der Waals surface area contributed by atoms with Gasteiger partial charge in [0, 0.05) is 31.6 Å². The van der Waals surface area contributed by atoms with Gasteiger partial charge in [-0.1, -0.05) is 24.3 Å². The van der Waals surface area contributed by atoms with Crippen molar-refractivity contribution < 1.29 is 18.7 Å². The molecule has 7 heteroatoms. The number of methoxy groups -OCH3 is 1. The highest BCUT2D eigenvalue weighted by molar-refractivity contribution is 9.10. The van der Waals surface area contributed by atoms with Gasteiger partial charge in [-0.25, -0.2) is 0 Å². The molecule has 1 aliphatic heterocycles. The van der Waals surface area contributed by atoms with Gasteiger partial charge >= 0.3 is 0 Å². The second-order valence-electron chi connectivity index (χ2n) is 6.97. The Labute approximate surface area is 177 Å². The topological polar surface area (TPSA) is 63.0 Å². The molecular formula is C22H21BrN2O4. The third-order valence-electron chi connectivity index (χ3n) is 5.12. The van der Waals surface area contributed by atoms with Crippen LogP contribution in [0.25, 0.3) is 11.0 Å². The molecule has 0 atom stereocenters. The molecule has 0 radical (unpaired) electrons. The molecule has 4 rings (SSSR count). The number of hydrogen-bond acceptors (Lipinski definition) is 4. The minimum absolute atomic E-state index is 0.0537. The normalized spacial score (nSPS) is 14.3. The number of carbonyl (C=O) groups is 2. The van der Waals surface area contributed by atoms with E-state index in [4.69, 9.17) is 9.15 Å². The summed E-state index contributed by atoms with van der Waals surface area (Å²) in [5.41, 5.74) is 1.59. The quantitative estimate of drug-likeness (QED) is 0.599. The summed E-state index contributed by atoms with van der Waals surface area (Å²) in [7, 11) is 1.61. The molecule has 0 saturated carbocycles. The van der Waals surface area contributed by atoms with Crippen LogP contribution in [0.3, 0.4) is 0 Å². The van der Waals surface area contributed by atoms with Crippen molar-refractivity contribution in [2.24, 2.45) is 0 Å². The Hall–Kier alpha value is -2.80. The summed E-state index contributed by atoms with van der Waals surface area (Å²) in [5, 5.41) is 0.884. The molecule has 0 N–H and O–H groups in total. The number of ether oxygens (including phenoxy) is 1. The standard InChI is InChI=1S/C22H21BrN2O4/c1-28-17-6-2-4-15(12-17)13-20(26)24-8-10-25(11-9-24)22(27)19-14-16-5-3-7-18(23)21(16)29-19/h2-7,12,14H,8-11,13H2,1H3. The third-order valence-corrected chi connectivity index (χ3v) is 5.74. The van der Waals surface area contributed by atoms with E-state index in [1.807, 2.05) is 42.5 Å². The number of furan rings is 1. The first-order valence-corrected chi connectivity index (χ1v) is 10.2. The molecule has 1 aliphatic rings. The molecule has 0 bridgehead atoms. The van der Waals surface area contributed by atoms with Gasteiger partial charge < -0.3 is 19.0 Å². The first-order valence-electron chi connectivity index (χ1n) is 9.43. The molecule has 1 saturated heterocycles. The summed E-state index contributed by atoms with van der Waals surface area (Å²) in [4.78, 5) is 29.0. The molecule has 2 heterocycles. The van der Waals surface area contributed by atoms with Gasteiger partial charge in [-0.3, -0.25) is 9.59 Å². The maximum absolute atomic E-state index is 12.8. The van der Waals surface area contributed by atoms with Crippen LogP contribution in [0, 0.1) is 0 Å². The predicted molar refractivity (Wildman–Crippen MR) is 113 cm³/mol. The average molecular weight is 457 g/mol. The van der Waals surface area contributed by atoms with Crippen molar-refractivity contribution in [3.63, 3.8) is 0 Å². The monoisotopic (exact) mass is 456 g/mol. The molecule has 0 unspecified atom stereocenters. The smallest absolute Gasteiger partial charge is 0.289 e. The largest absolute Gasteiger partial charge is 0.497 e. The minimum atomic E-state index is -0.145. The number of para-hydroxylation sites is 1. The first-order chi connectivity index (χ1) is 14.0. The van der Waals surface area contributed by atoms with Crippen LogP contribution in [0.5, 0.6) is 5.75 Å². The zero-order valence-electron chi connectivity index (χ0n) is 16.1. The summed E-state index contributed by atoms with van der Waals surface area (Å²) in [6.45, 7) is 2.00. The maximum Gasteiger partial charge on any atom is 0.289 e. The second kappa shape index (κ2) is 8.29. The van der Waals surface area contributed by atoms with Gasteiger partial charge in [0.2, 0.25) is 5.91 Å². The lowest BCUT2D eigenvalue weighted by molar-refractivity contribution is -0.131. The number of amides is 2. The molecule has 2 amide bonds. The lowest BCUT2D eigenvalue weighted by atomic mass is 10.1. The van der Waals surface area contributed by atoms with E-state index < -0.39 is 0 Å². The lowest BCUT2D eigenvalue weighted by Gasteiger charge is -2.34. The molecule has 150 valence electrons. The van der Waals surface area contributed by atoms with Gasteiger partial charge in [-0.15, -0.1) is 0 Å². The lowest BCUT2D eigenvalue weighted by Crippen LogP contribution is -2.50. The Bertz CT molecular complexity index is 1050. The number of piperazine rings is 1. The summed E-state index contributed by atoms with van der Waals surface area (Å²) >= 11 is 3.44. The van der Waals surface area contributed by atoms with Crippen LogP contribution in [0.1, 0.15) is 16.1 Å². The van der Waals surface area contributed by atoms with Crippen molar-refractivity contribution in [3.8, 4) is 5.75 Å². The van der Waals surface area contributed by atoms with Crippen molar-refractivity contribution in [2.45, 2.75) is 6.42 Å². The van der Waals surface area contributed by atoms with Gasteiger partial charge in [0.25, 0.3) is 5.91 Å². The Morgan fingerprint density at radius 1 is 1.03 bits per heavy atom. The van der Waals surface area contributed by atoms with Crippen LogP contribution in [0.2, 0.25) is 0 Å². The Morgan fingerprint density at radius 2 is 1.76 bits per heavy atom. The number of benzene rings is 2. The first kappa shape index (κ1) is 19.5. The van der Waals surface area contributed by atoms with Crippen LogP contribution in [0.15, 0.2) is 57.4 Å². The zero-order valence-corrected chi connectivity index (χ0v) is 17.6. The van der Waals surface area contributed by atoms with Gasteiger partial charge in [-0.05, 0) is 45.8 Å². The van der Waals surface area contributed by atoms with E-state index >= 15 is 0 Å².